The van der Waals surface area contributed by atoms with Gasteiger partial charge in [0.05, 0.1) is 12.0 Å². The standard InChI is InChI=1S/C22H25N3O4/c26-19-5-1-2-11-24(19)13-17-8-6-16(7-9-17)12-23-21(29)25-14-18-4-3-10-22(18,15-25)20(27)28/h1-2,5-9,11,18H,3-4,10,12-15H2,(H,23,29)(H,27,28)/t18-,22+/m0/s1. The Labute approximate surface area is 169 Å². The third-order valence-electron chi connectivity index (χ3n) is 6.30. The van der Waals surface area contributed by atoms with Gasteiger partial charge in [-0.2, -0.15) is 0 Å². The Kier molecular flexibility index (Phi) is 5.13. The van der Waals surface area contributed by atoms with Gasteiger partial charge in [-0.15, -0.1) is 0 Å². The third kappa shape index (κ3) is 3.77. The normalized spacial score (nSPS) is 23.0. The minimum absolute atomic E-state index is 0.0432. The molecule has 2 amide bonds. The topological polar surface area (TPSA) is 91.6 Å². The Hall–Kier alpha value is -3.09. The molecular weight excluding hydrogens is 370 g/mol. The molecule has 2 aliphatic rings. The van der Waals surface area contributed by atoms with Gasteiger partial charge in [0.2, 0.25) is 0 Å². The number of carbonyl (C=O) groups is 2. The molecule has 2 N–H and O–H groups in total. The SMILES string of the molecule is O=C(NCc1ccc(Cn2ccccc2=O)cc1)N1C[C@@H]2CCC[C@@]2(C(=O)O)C1. The van der Waals surface area contributed by atoms with Crippen LogP contribution in [-0.2, 0) is 17.9 Å². The fourth-order valence-corrected chi connectivity index (χ4v) is 4.63. The first-order valence-corrected chi connectivity index (χ1v) is 9.97. The highest BCUT2D eigenvalue weighted by molar-refractivity contribution is 5.80. The lowest BCUT2D eigenvalue weighted by Crippen LogP contribution is -2.41. The van der Waals surface area contributed by atoms with Crippen LogP contribution in [0.5, 0.6) is 0 Å². The number of rotatable bonds is 5. The number of fused-ring (bicyclic) bond motifs is 1. The average Bonchev–Trinajstić information content (AvgIpc) is 3.28. The average molecular weight is 395 g/mol. The smallest absolute Gasteiger partial charge is 0.317 e. The number of carboxylic acid groups (broad SMARTS) is 1. The van der Waals surface area contributed by atoms with E-state index in [1.165, 1.54) is 6.07 Å². The summed E-state index contributed by atoms with van der Waals surface area (Å²) >= 11 is 0. The number of carbonyl (C=O) groups excluding carboxylic acids is 1. The van der Waals surface area contributed by atoms with Crippen molar-refractivity contribution in [2.45, 2.75) is 32.4 Å². The number of aliphatic carboxylic acids is 1. The predicted molar refractivity (Wildman–Crippen MR) is 107 cm³/mol. The van der Waals surface area contributed by atoms with Crippen LogP contribution in [0.3, 0.4) is 0 Å². The number of nitrogens with one attached hydrogen (secondary N) is 1. The summed E-state index contributed by atoms with van der Waals surface area (Å²) in [6.07, 6.45) is 4.21. The molecule has 0 unspecified atom stereocenters. The van der Waals surface area contributed by atoms with Crippen LogP contribution in [0.1, 0.15) is 30.4 Å². The van der Waals surface area contributed by atoms with E-state index in [0.29, 0.717) is 32.6 Å². The van der Waals surface area contributed by atoms with E-state index in [0.717, 1.165) is 24.0 Å². The number of hydrogen-bond donors (Lipinski definition) is 2. The van der Waals surface area contributed by atoms with Crippen LogP contribution in [0.25, 0.3) is 0 Å². The number of aromatic nitrogens is 1. The maximum atomic E-state index is 12.5. The van der Waals surface area contributed by atoms with Crippen LogP contribution in [0.2, 0.25) is 0 Å². The maximum Gasteiger partial charge on any atom is 0.317 e. The lowest BCUT2D eigenvalue weighted by molar-refractivity contribution is -0.149. The highest BCUT2D eigenvalue weighted by Gasteiger charge is 2.55. The van der Waals surface area contributed by atoms with E-state index in [9.17, 15) is 19.5 Å². The second-order valence-corrected chi connectivity index (χ2v) is 8.07. The summed E-state index contributed by atoms with van der Waals surface area (Å²) in [6.45, 7) is 1.69. The highest BCUT2D eigenvalue weighted by Crippen LogP contribution is 2.48. The minimum atomic E-state index is -0.775. The van der Waals surface area contributed by atoms with Crippen molar-refractivity contribution in [1.29, 1.82) is 0 Å². The second kappa shape index (κ2) is 7.73. The van der Waals surface area contributed by atoms with Gasteiger partial charge in [-0.3, -0.25) is 9.59 Å². The summed E-state index contributed by atoms with van der Waals surface area (Å²) in [5.74, 6) is -0.713. The van der Waals surface area contributed by atoms with Crippen LogP contribution >= 0.6 is 0 Å². The van der Waals surface area contributed by atoms with E-state index in [-0.39, 0.29) is 17.5 Å². The zero-order valence-corrected chi connectivity index (χ0v) is 16.2. The van der Waals surface area contributed by atoms with Gasteiger partial charge in [0.1, 0.15) is 0 Å². The van der Waals surface area contributed by atoms with E-state index >= 15 is 0 Å². The number of pyridine rings is 1. The summed E-state index contributed by atoms with van der Waals surface area (Å²) in [5.41, 5.74) is 1.16. The van der Waals surface area contributed by atoms with Crippen molar-refractivity contribution >= 4 is 12.0 Å². The Morgan fingerprint density at radius 3 is 2.59 bits per heavy atom. The van der Waals surface area contributed by atoms with Crippen molar-refractivity contribution in [3.63, 3.8) is 0 Å². The van der Waals surface area contributed by atoms with Crippen LogP contribution in [0, 0.1) is 11.3 Å². The second-order valence-electron chi connectivity index (χ2n) is 8.07. The van der Waals surface area contributed by atoms with E-state index in [2.05, 4.69) is 5.32 Å². The molecule has 7 heteroatoms. The largest absolute Gasteiger partial charge is 0.481 e. The molecule has 152 valence electrons. The van der Waals surface area contributed by atoms with Crippen molar-refractivity contribution in [3.05, 3.63) is 70.1 Å². The summed E-state index contributed by atoms with van der Waals surface area (Å²) in [5, 5.41) is 12.6. The van der Waals surface area contributed by atoms with Crippen molar-refractivity contribution < 1.29 is 14.7 Å². The van der Waals surface area contributed by atoms with Gasteiger partial charge in [0, 0.05) is 31.9 Å². The first kappa shape index (κ1) is 19.2. The zero-order chi connectivity index (χ0) is 20.4. The summed E-state index contributed by atoms with van der Waals surface area (Å²) in [7, 11) is 0. The number of amides is 2. The maximum absolute atomic E-state index is 12.5. The van der Waals surface area contributed by atoms with E-state index in [4.69, 9.17) is 0 Å². The monoisotopic (exact) mass is 395 g/mol. The summed E-state index contributed by atoms with van der Waals surface area (Å²) < 4.78 is 1.64. The molecule has 4 rings (SSSR count). The molecule has 0 spiro atoms. The predicted octanol–water partition coefficient (Wildman–Crippen LogP) is 2.29. The van der Waals surface area contributed by atoms with Gasteiger partial charge in [-0.25, -0.2) is 4.79 Å². The van der Waals surface area contributed by atoms with Crippen molar-refractivity contribution in [2.24, 2.45) is 11.3 Å². The molecule has 2 aromatic rings. The Balaban J connectivity index is 1.33. The summed E-state index contributed by atoms with van der Waals surface area (Å²) in [4.78, 5) is 37.8. The van der Waals surface area contributed by atoms with Crippen LogP contribution < -0.4 is 10.9 Å². The molecule has 1 saturated carbocycles. The quantitative estimate of drug-likeness (QED) is 0.813. The first-order valence-electron chi connectivity index (χ1n) is 9.97. The molecule has 2 fully saturated rings. The molecule has 0 radical (unpaired) electrons. The Morgan fingerprint density at radius 2 is 1.90 bits per heavy atom. The fourth-order valence-electron chi connectivity index (χ4n) is 4.63. The Morgan fingerprint density at radius 1 is 1.14 bits per heavy atom. The minimum Gasteiger partial charge on any atom is -0.481 e. The van der Waals surface area contributed by atoms with Gasteiger partial charge in [-0.1, -0.05) is 36.8 Å². The first-order chi connectivity index (χ1) is 14.0. The van der Waals surface area contributed by atoms with Gasteiger partial charge in [-0.05, 0) is 36.0 Å². The molecule has 1 aromatic heterocycles. The molecule has 1 aliphatic carbocycles. The Bertz CT molecular complexity index is 969. The highest BCUT2D eigenvalue weighted by atomic mass is 16.4. The third-order valence-corrected chi connectivity index (χ3v) is 6.30. The van der Waals surface area contributed by atoms with Gasteiger partial charge in [0.15, 0.2) is 0 Å². The van der Waals surface area contributed by atoms with E-state index in [1.54, 1.807) is 21.7 Å². The molecule has 2 heterocycles. The van der Waals surface area contributed by atoms with Crippen LogP contribution in [0.15, 0.2) is 53.5 Å². The molecule has 1 aromatic carbocycles. The van der Waals surface area contributed by atoms with Crippen LogP contribution in [0.4, 0.5) is 4.79 Å². The van der Waals surface area contributed by atoms with Gasteiger partial charge in [0.25, 0.3) is 5.56 Å². The molecule has 2 atom stereocenters. The molecule has 1 saturated heterocycles. The molecule has 29 heavy (non-hydrogen) atoms. The number of hydrogen-bond acceptors (Lipinski definition) is 3. The number of carboxylic acids is 1. The molecule has 7 nitrogen and oxygen atoms in total. The number of nitrogens with zero attached hydrogens (tertiary/aromatic N) is 2. The van der Waals surface area contributed by atoms with Gasteiger partial charge >= 0.3 is 12.0 Å². The molecular formula is C22H25N3O4. The number of urea groups is 1. The van der Waals surface area contributed by atoms with E-state index in [1.807, 2.05) is 30.3 Å². The lowest BCUT2D eigenvalue weighted by atomic mass is 9.81. The van der Waals surface area contributed by atoms with Crippen molar-refractivity contribution in [2.75, 3.05) is 13.1 Å². The number of likely N-dealkylation sites (tertiary alicyclic amines) is 1. The van der Waals surface area contributed by atoms with E-state index < -0.39 is 11.4 Å². The fraction of sp³-hybridized carbons (Fsp3) is 0.409. The number of benzene rings is 1. The molecule has 0 bridgehead atoms. The molecule has 1 aliphatic heterocycles. The lowest BCUT2D eigenvalue weighted by Gasteiger charge is -2.23. The van der Waals surface area contributed by atoms with Crippen LogP contribution in [-0.4, -0.2) is 39.7 Å². The summed E-state index contributed by atoms with van der Waals surface area (Å²) in [6, 6.07) is 12.6. The van der Waals surface area contributed by atoms with Gasteiger partial charge < -0.3 is 19.9 Å². The van der Waals surface area contributed by atoms with Crippen molar-refractivity contribution in [3.8, 4) is 0 Å². The van der Waals surface area contributed by atoms with Crippen molar-refractivity contribution in [1.82, 2.24) is 14.8 Å². The zero-order valence-electron chi connectivity index (χ0n) is 16.2.